The van der Waals surface area contributed by atoms with Crippen LogP contribution < -0.4 is 11.3 Å². The molecule has 5 heteroatoms. The number of carbonyl (C=O) groups is 1. The highest BCUT2D eigenvalue weighted by molar-refractivity contribution is 5.79. The Hall–Kier alpha value is -0.650. The SMILES string of the molecule is CCCOCCOC(CC)C(=O)NN. The second kappa shape index (κ2) is 8.93. The van der Waals surface area contributed by atoms with Gasteiger partial charge < -0.3 is 9.47 Å². The van der Waals surface area contributed by atoms with Crippen LogP contribution >= 0.6 is 0 Å². The second-order valence-electron chi connectivity index (χ2n) is 2.89. The number of nitrogens with one attached hydrogen (secondary N) is 1. The van der Waals surface area contributed by atoms with Gasteiger partial charge in [-0.25, -0.2) is 5.84 Å². The van der Waals surface area contributed by atoms with Gasteiger partial charge >= 0.3 is 0 Å². The maximum absolute atomic E-state index is 11.1. The van der Waals surface area contributed by atoms with Gasteiger partial charge in [-0.15, -0.1) is 0 Å². The minimum atomic E-state index is -0.467. The number of rotatable bonds is 8. The lowest BCUT2D eigenvalue weighted by Crippen LogP contribution is -2.40. The molecule has 14 heavy (non-hydrogen) atoms. The fourth-order valence-corrected chi connectivity index (χ4v) is 0.968. The monoisotopic (exact) mass is 204 g/mol. The Balaban J connectivity index is 3.48. The van der Waals surface area contributed by atoms with Crippen molar-refractivity contribution in [3.8, 4) is 0 Å². The zero-order valence-corrected chi connectivity index (χ0v) is 8.91. The molecule has 5 nitrogen and oxygen atoms in total. The molecule has 0 aromatic carbocycles. The van der Waals surface area contributed by atoms with E-state index < -0.39 is 6.10 Å². The van der Waals surface area contributed by atoms with Crippen LogP contribution in [0.2, 0.25) is 0 Å². The van der Waals surface area contributed by atoms with Crippen LogP contribution in [0.4, 0.5) is 0 Å². The summed E-state index contributed by atoms with van der Waals surface area (Å²) in [7, 11) is 0. The fraction of sp³-hybridized carbons (Fsp3) is 0.889. The highest BCUT2D eigenvalue weighted by atomic mass is 16.5. The predicted molar refractivity (Wildman–Crippen MR) is 53.5 cm³/mol. The van der Waals surface area contributed by atoms with E-state index in [4.69, 9.17) is 15.3 Å². The number of hydrogen-bond acceptors (Lipinski definition) is 4. The van der Waals surface area contributed by atoms with Gasteiger partial charge in [0.2, 0.25) is 0 Å². The summed E-state index contributed by atoms with van der Waals surface area (Å²) in [5.74, 6) is 4.70. The molecule has 0 saturated carbocycles. The van der Waals surface area contributed by atoms with Gasteiger partial charge in [0.05, 0.1) is 13.2 Å². The molecule has 0 radical (unpaired) electrons. The molecule has 0 aromatic heterocycles. The molecule has 0 heterocycles. The Labute approximate surface area is 84.9 Å². The summed E-state index contributed by atoms with van der Waals surface area (Å²) in [6.45, 7) is 5.57. The zero-order valence-electron chi connectivity index (χ0n) is 8.91. The standard InChI is InChI=1S/C9H20N2O3/c1-3-5-13-6-7-14-8(4-2)9(12)11-10/h8H,3-7,10H2,1-2H3,(H,11,12). The summed E-state index contributed by atoms with van der Waals surface area (Å²) in [4.78, 5) is 11.1. The largest absolute Gasteiger partial charge is 0.379 e. The Kier molecular flexibility index (Phi) is 8.51. The lowest BCUT2D eigenvalue weighted by Gasteiger charge is -2.13. The number of carbonyl (C=O) groups excluding carboxylic acids is 1. The molecule has 1 amide bonds. The zero-order chi connectivity index (χ0) is 10.8. The Bertz CT molecular complexity index is 153. The second-order valence-corrected chi connectivity index (χ2v) is 2.89. The van der Waals surface area contributed by atoms with E-state index >= 15 is 0 Å². The summed E-state index contributed by atoms with van der Waals surface area (Å²) in [6, 6.07) is 0. The van der Waals surface area contributed by atoms with Gasteiger partial charge in [-0.2, -0.15) is 0 Å². The molecule has 0 aliphatic heterocycles. The maximum atomic E-state index is 11.1. The topological polar surface area (TPSA) is 73.6 Å². The molecule has 0 rings (SSSR count). The number of hydrazine groups is 1. The highest BCUT2D eigenvalue weighted by Gasteiger charge is 2.14. The van der Waals surface area contributed by atoms with Gasteiger partial charge in [0, 0.05) is 6.61 Å². The molecule has 1 unspecified atom stereocenters. The van der Waals surface area contributed by atoms with Crippen molar-refractivity contribution in [1.82, 2.24) is 5.43 Å². The molecule has 0 aliphatic rings. The van der Waals surface area contributed by atoms with Crippen molar-refractivity contribution in [3.63, 3.8) is 0 Å². The van der Waals surface area contributed by atoms with Gasteiger partial charge in [-0.3, -0.25) is 10.2 Å². The molecule has 0 aromatic rings. The quantitative estimate of drug-likeness (QED) is 0.256. The first-order valence-electron chi connectivity index (χ1n) is 4.96. The van der Waals surface area contributed by atoms with Crippen molar-refractivity contribution < 1.29 is 14.3 Å². The van der Waals surface area contributed by atoms with E-state index in [1.54, 1.807) is 0 Å². The minimum Gasteiger partial charge on any atom is -0.379 e. The van der Waals surface area contributed by atoms with E-state index in [-0.39, 0.29) is 5.91 Å². The lowest BCUT2D eigenvalue weighted by atomic mass is 10.2. The molecule has 1 atom stereocenters. The average Bonchev–Trinajstić information content (AvgIpc) is 2.22. The van der Waals surface area contributed by atoms with Crippen molar-refractivity contribution in [2.75, 3.05) is 19.8 Å². The van der Waals surface area contributed by atoms with Crippen LogP contribution in [0, 0.1) is 0 Å². The van der Waals surface area contributed by atoms with Crippen LogP contribution in [0.15, 0.2) is 0 Å². The smallest absolute Gasteiger partial charge is 0.262 e. The molecule has 0 aliphatic carbocycles. The van der Waals surface area contributed by atoms with Crippen molar-refractivity contribution in [2.45, 2.75) is 32.8 Å². The van der Waals surface area contributed by atoms with E-state index in [0.717, 1.165) is 13.0 Å². The number of hydrogen-bond donors (Lipinski definition) is 2. The van der Waals surface area contributed by atoms with Crippen molar-refractivity contribution in [1.29, 1.82) is 0 Å². The number of nitrogens with two attached hydrogens (primary N) is 1. The first-order valence-corrected chi connectivity index (χ1v) is 4.96. The Morgan fingerprint density at radius 1 is 1.36 bits per heavy atom. The molecule has 0 saturated heterocycles. The van der Waals surface area contributed by atoms with Crippen LogP contribution in [0.1, 0.15) is 26.7 Å². The Morgan fingerprint density at radius 2 is 2.07 bits per heavy atom. The molecular weight excluding hydrogens is 184 g/mol. The summed E-state index contributed by atoms with van der Waals surface area (Å²) in [5.41, 5.74) is 2.06. The third-order valence-corrected chi connectivity index (χ3v) is 1.70. The lowest BCUT2D eigenvalue weighted by molar-refractivity contribution is -0.134. The number of amides is 1. The highest BCUT2D eigenvalue weighted by Crippen LogP contribution is 1.97. The van der Waals surface area contributed by atoms with Gasteiger partial charge in [-0.05, 0) is 12.8 Å². The van der Waals surface area contributed by atoms with E-state index in [1.165, 1.54) is 0 Å². The van der Waals surface area contributed by atoms with E-state index in [0.29, 0.717) is 19.6 Å². The van der Waals surface area contributed by atoms with Crippen LogP contribution in [-0.2, 0) is 14.3 Å². The minimum absolute atomic E-state index is 0.289. The number of ether oxygens (including phenoxy) is 2. The third kappa shape index (κ3) is 5.90. The van der Waals surface area contributed by atoms with Crippen LogP contribution in [-0.4, -0.2) is 31.8 Å². The van der Waals surface area contributed by atoms with E-state index in [2.05, 4.69) is 5.43 Å². The summed E-state index contributed by atoms with van der Waals surface area (Å²) < 4.78 is 10.5. The predicted octanol–water partition coefficient (Wildman–Crippen LogP) is 0.198. The first kappa shape index (κ1) is 13.4. The molecule has 0 spiro atoms. The van der Waals surface area contributed by atoms with E-state index in [9.17, 15) is 4.79 Å². The molecular formula is C9H20N2O3. The Morgan fingerprint density at radius 3 is 2.57 bits per heavy atom. The normalized spacial score (nSPS) is 12.5. The van der Waals surface area contributed by atoms with Gasteiger partial charge in [0.1, 0.15) is 6.10 Å². The maximum Gasteiger partial charge on any atom is 0.262 e. The van der Waals surface area contributed by atoms with Crippen molar-refractivity contribution >= 4 is 5.91 Å². The molecule has 84 valence electrons. The van der Waals surface area contributed by atoms with Crippen LogP contribution in [0.5, 0.6) is 0 Å². The molecule has 0 bridgehead atoms. The van der Waals surface area contributed by atoms with Crippen molar-refractivity contribution in [3.05, 3.63) is 0 Å². The van der Waals surface area contributed by atoms with Crippen LogP contribution in [0.25, 0.3) is 0 Å². The average molecular weight is 204 g/mol. The fourth-order valence-electron chi connectivity index (χ4n) is 0.968. The van der Waals surface area contributed by atoms with E-state index in [1.807, 2.05) is 13.8 Å². The summed E-state index contributed by atoms with van der Waals surface area (Å²) in [6.07, 6.45) is 1.13. The van der Waals surface area contributed by atoms with Crippen LogP contribution in [0.3, 0.4) is 0 Å². The van der Waals surface area contributed by atoms with Crippen molar-refractivity contribution in [2.24, 2.45) is 5.84 Å². The van der Waals surface area contributed by atoms with Gasteiger partial charge in [0.25, 0.3) is 5.91 Å². The molecule has 3 N–H and O–H groups in total. The van der Waals surface area contributed by atoms with Gasteiger partial charge in [0.15, 0.2) is 0 Å². The summed E-state index contributed by atoms with van der Waals surface area (Å²) >= 11 is 0. The van der Waals surface area contributed by atoms with Gasteiger partial charge in [-0.1, -0.05) is 13.8 Å². The first-order chi connectivity index (χ1) is 6.76. The molecule has 0 fully saturated rings. The third-order valence-electron chi connectivity index (χ3n) is 1.70. The summed E-state index contributed by atoms with van der Waals surface area (Å²) in [5, 5.41) is 0.